The van der Waals surface area contributed by atoms with Crippen LogP contribution < -0.4 is 27.8 Å². The summed E-state index contributed by atoms with van der Waals surface area (Å²) in [4.78, 5) is 2.25. The Labute approximate surface area is 108 Å². The predicted octanol–water partition coefficient (Wildman–Crippen LogP) is 0.118. The molecule has 100 valence electrons. The molecule has 1 unspecified atom stereocenters. The van der Waals surface area contributed by atoms with Gasteiger partial charge in [-0.15, -0.1) is 0 Å². The molecule has 8 N–H and O–H groups in total. The lowest BCUT2D eigenvalue weighted by molar-refractivity contribution is 0.363. The monoisotopic (exact) mass is 249 g/mol. The van der Waals surface area contributed by atoms with Crippen LogP contribution in [0.2, 0.25) is 0 Å². The molecule has 1 aromatic rings. The number of nitrogen functional groups attached to an aromatic ring is 1. The van der Waals surface area contributed by atoms with Gasteiger partial charge in [-0.05, 0) is 43.5 Å². The summed E-state index contributed by atoms with van der Waals surface area (Å²) < 4.78 is 0. The van der Waals surface area contributed by atoms with E-state index < -0.39 is 5.66 Å². The molecule has 0 aliphatic carbocycles. The molecule has 1 atom stereocenters. The van der Waals surface area contributed by atoms with E-state index in [1.807, 2.05) is 19.1 Å². The van der Waals surface area contributed by atoms with E-state index in [2.05, 4.69) is 11.0 Å². The molecular formula is C13H23N5. The number of benzene rings is 1. The molecular weight excluding hydrogens is 226 g/mol. The van der Waals surface area contributed by atoms with Gasteiger partial charge in [-0.25, -0.2) is 0 Å². The van der Waals surface area contributed by atoms with Crippen LogP contribution >= 0.6 is 0 Å². The smallest absolute Gasteiger partial charge is 0.0971 e. The van der Waals surface area contributed by atoms with Crippen LogP contribution in [-0.4, -0.2) is 24.8 Å². The zero-order valence-electron chi connectivity index (χ0n) is 10.9. The molecule has 0 radical (unpaired) electrons. The first-order valence-electron chi connectivity index (χ1n) is 6.36. The quantitative estimate of drug-likeness (QED) is 0.449. The number of hydrogen-bond donors (Lipinski definition) is 4. The first-order chi connectivity index (χ1) is 8.45. The minimum absolute atomic E-state index is 0.0884. The van der Waals surface area contributed by atoms with Crippen LogP contribution in [0.1, 0.15) is 18.4 Å². The van der Waals surface area contributed by atoms with Crippen molar-refractivity contribution in [2.75, 3.05) is 23.7 Å². The fourth-order valence-electron chi connectivity index (χ4n) is 2.61. The van der Waals surface area contributed by atoms with Crippen molar-refractivity contribution >= 4 is 11.4 Å². The Morgan fingerprint density at radius 2 is 2.11 bits per heavy atom. The average Bonchev–Trinajstić information content (AvgIpc) is 2.82. The van der Waals surface area contributed by atoms with Crippen LogP contribution in [0, 0.1) is 6.92 Å². The number of aryl methyl sites for hydroxylation is 1. The maximum absolute atomic E-state index is 6.10. The topological polar surface area (TPSA) is 107 Å². The molecule has 0 saturated carbocycles. The highest BCUT2D eigenvalue weighted by atomic mass is 15.2. The molecule has 1 aliphatic rings. The van der Waals surface area contributed by atoms with Crippen molar-refractivity contribution in [2.24, 2.45) is 17.2 Å². The number of anilines is 2. The summed E-state index contributed by atoms with van der Waals surface area (Å²) in [5.41, 5.74) is 25.9. The van der Waals surface area contributed by atoms with Gasteiger partial charge in [0.05, 0.1) is 11.7 Å². The highest BCUT2D eigenvalue weighted by Crippen LogP contribution is 2.30. The van der Waals surface area contributed by atoms with Crippen LogP contribution in [-0.2, 0) is 0 Å². The fourth-order valence-corrected chi connectivity index (χ4v) is 2.61. The molecule has 1 saturated heterocycles. The molecule has 18 heavy (non-hydrogen) atoms. The summed E-state index contributed by atoms with van der Waals surface area (Å²) in [5.74, 6) is 0. The Bertz CT molecular complexity index is 429. The largest absolute Gasteiger partial charge is 0.399 e. The lowest BCUT2D eigenvalue weighted by Crippen LogP contribution is -2.67. The van der Waals surface area contributed by atoms with Crippen molar-refractivity contribution in [2.45, 2.75) is 31.5 Å². The highest BCUT2D eigenvalue weighted by Gasteiger charge is 2.37. The van der Waals surface area contributed by atoms with Crippen molar-refractivity contribution in [3.8, 4) is 0 Å². The van der Waals surface area contributed by atoms with Crippen molar-refractivity contribution in [1.82, 2.24) is 0 Å². The molecule has 1 fully saturated rings. The Morgan fingerprint density at radius 1 is 1.39 bits per heavy atom. The van der Waals surface area contributed by atoms with Crippen LogP contribution in [0.4, 0.5) is 11.4 Å². The summed E-state index contributed by atoms with van der Waals surface area (Å²) in [6.45, 7) is 3.25. The molecule has 0 aromatic heterocycles. The SMILES string of the molecule is Cc1cc(N2CCCC2C(N)(N)CN)ccc1N. The number of hydrogen-bond acceptors (Lipinski definition) is 5. The van der Waals surface area contributed by atoms with Gasteiger partial charge in [-0.1, -0.05) is 0 Å². The highest BCUT2D eigenvalue weighted by molar-refractivity contribution is 5.59. The molecule has 0 spiro atoms. The second-order valence-electron chi connectivity index (χ2n) is 5.21. The number of nitrogens with two attached hydrogens (primary N) is 4. The summed E-state index contributed by atoms with van der Waals surface area (Å²) in [7, 11) is 0. The van der Waals surface area contributed by atoms with E-state index in [1.54, 1.807) is 0 Å². The minimum Gasteiger partial charge on any atom is -0.399 e. The van der Waals surface area contributed by atoms with Gasteiger partial charge in [0, 0.05) is 24.5 Å². The van der Waals surface area contributed by atoms with Crippen molar-refractivity contribution in [3.63, 3.8) is 0 Å². The standard InChI is InChI=1S/C13H23N5/c1-9-7-10(4-5-11(9)15)18-6-2-3-12(18)13(16,17)8-14/h4-5,7,12H,2-3,6,8,14-17H2,1H3. The van der Waals surface area contributed by atoms with Gasteiger partial charge in [-0.3, -0.25) is 0 Å². The molecule has 0 bridgehead atoms. The summed E-state index contributed by atoms with van der Waals surface area (Å²) in [5, 5.41) is 0. The Kier molecular flexibility index (Phi) is 3.47. The normalized spacial score (nSPS) is 20.4. The van der Waals surface area contributed by atoms with Crippen LogP contribution in [0.5, 0.6) is 0 Å². The van der Waals surface area contributed by atoms with Crippen LogP contribution in [0.15, 0.2) is 18.2 Å². The maximum Gasteiger partial charge on any atom is 0.0971 e. The molecule has 1 aromatic carbocycles. The molecule has 5 nitrogen and oxygen atoms in total. The van der Waals surface area contributed by atoms with Gasteiger partial charge in [-0.2, -0.15) is 0 Å². The maximum atomic E-state index is 6.10. The molecule has 1 aliphatic heterocycles. The average molecular weight is 249 g/mol. The van der Waals surface area contributed by atoms with Gasteiger partial charge in [0.1, 0.15) is 0 Å². The second kappa shape index (κ2) is 4.76. The summed E-state index contributed by atoms with van der Waals surface area (Å²) in [6.07, 6.45) is 2.07. The minimum atomic E-state index is -0.841. The van der Waals surface area contributed by atoms with Crippen LogP contribution in [0.25, 0.3) is 0 Å². The van der Waals surface area contributed by atoms with E-state index in [1.165, 1.54) is 0 Å². The van der Waals surface area contributed by atoms with Crippen LogP contribution in [0.3, 0.4) is 0 Å². The third-order valence-electron chi connectivity index (χ3n) is 3.81. The summed E-state index contributed by atoms with van der Waals surface area (Å²) >= 11 is 0. The van der Waals surface area contributed by atoms with Gasteiger partial charge < -0.3 is 27.8 Å². The second-order valence-corrected chi connectivity index (χ2v) is 5.21. The molecule has 0 amide bonds. The third-order valence-corrected chi connectivity index (χ3v) is 3.81. The summed E-state index contributed by atoms with van der Waals surface area (Å²) in [6, 6.07) is 6.12. The van der Waals surface area contributed by atoms with Crippen molar-refractivity contribution in [1.29, 1.82) is 0 Å². The van der Waals surface area contributed by atoms with Gasteiger partial charge in [0.2, 0.25) is 0 Å². The Hall–Kier alpha value is -1.30. The fraction of sp³-hybridized carbons (Fsp3) is 0.538. The van der Waals surface area contributed by atoms with Crippen molar-refractivity contribution < 1.29 is 0 Å². The lowest BCUT2D eigenvalue weighted by atomic mass is 9.99. The zero-order valence-corrected chi connectivity index (χ0v) is 10.9. The first kappa shape index (κ1) is 13.1. The van der Waals surface area contributed by atoms with E-state index >= 15 is 0 Å². The van der Waals surface area contributed by atoms with E-state index in [4.69, 9.17) is 22.9 Å². The van der Waals surface area contributed by atoms with E-state index in [-0.39, 0.29) is 12.6 Å². The third kappa shape index (κ3) is 2.29. The molecule has 5 heteroatoms. The zero-order chi connectivity index (χ0) is 13.3. The Morgan fingerprint density at radius 3 is 2.72 bits per heavy atom. The number of rotatable bonds is 3. The molecule has 2 rings (SSSR count). The van der Waals surface area contributed by atoms with E-state index in [0.29, 0.717) is 0 Å². The number of nitrogens with zero attached hydrogens (tertiary/aromatic N) is 1. The predicted molar refractivity (Wildman–Crippen MR) is 76.1 cm³/mol. The molecule has 1 heterocycles. The first-order valence-corrected chi connectivity index (χ1v) is 6.36. The lowest BCUT2D eigenvalue weighted by Gasteiger charge is -2.38. The van der Waals surface area contributed by atoms with Gasteiger partial charge >= 0.3 is 0 Å². The van der Waals surface area contributed by atoms with Crippen molar-refractivity contribution in [3.05, 3.63) is 23.8 Å². The van der Waals surface area contributed by atoms with E-state index in [0.717, 1.165) is 36.3 Å². The van der Waals surface area contributed by atoms with E-state index in [9.17, 15) is 0 Å². The van der Waals surface area contributed by atoms with Gasteiger partial charge in [0.15, 0.2) is 0 Å². The Balaban J connectivity index is 2.29. The van der Waals surface area contributed by atoms with Gasteiger partial charge in [0.25, 0.3) is 0 Å².